The van der Waals surface area contributed by atoms with Crippen LogP contribution in [-0.2, 0) is 6.54 Å². The molecular weight excluding hydrogens is 350 g/mol. The van der Waals surface area contributed by atoms with Gasteiger partial charge in [-0.05, 0) is 45.5 Å². The van der Waals surface area contributed by atoms with Gasteiger partial charge in [0.15, 0.2) is 11.0 Å². The summed E-state index contributed by atoms with van der Waals surface area (Å²) < 4.78 is 5.24. The molecule has 1 amide bonds. The summed E-state index contributed by atoms with van der Waals surface area (Å²) in [6.07, 6.45) is 1.74. The maximum absolute atomic E-state index is 12.4. The summed E-state index contributed by atoms with van der Waals surface area (Å²) >= 11 is 1.45. The van der Waals surface area contributed by atoms with E-state index in [9.17, 15) is 4.79 Å². The van der Waals surface area contributed by atoms with Crippen LogP contribution in [0.3, 0.4) is 0 Å². The monoisotopic (exact) mass is 371 g/mol. The quantitative estimate of drug-likeness (QED) is 0.713. The number of aryl methyl sites for hydroxylation is 2. The summed E-state index contributed by atoms with van der Waals surface area (Å²) in [5.41, 5.74) is 1.63. The van der Waals surface area contributed by atoms with E-state index in [1.165, 1.54) is 11.3 Å². The van der Waals surface area contributed by atoms with E-state index >= 15 is 0 Å². The van der Waals surface area contributed by atoms with Crippen LogP contribution < -0.4 is 5.32 Å². The molecule has 7 nitrogen and oxygen atoms in total. The number of nitrogens with one attached hydrogen (secondary N) is 1. The number of carbonyl (C=O) groups excluding carboxylic acids is 1. The molecule has 0 saturated heterocycles. The van der Waals surface area contributed by atoms with Crippen LogP contribution in [0, 0.1) is 13.8 Å². The minimum absolute atomic E-state index is 0.0213. The predicted molar refractivity (Wildman–Crippen MR) is 100 cm³/mol. The van der Waals surface area contributed by atoms with E-state index in [-0.39, 0.29) is 11.9 Å². The third-order valence-electron chi connectivity index (χ3n) is 4.02. The van der Waals surface area contributed by atoms with Crippen LogP contribution in [-0.4, -0.2) is 33.0 Å². The van der Waals surface area contributed by atoms with Crippen LogP contribution in [0.1, 0.15) is 45.5 Å². The van der Waals surface area contributed by atoms with Gasteiger partial charge in [-0.25, -0.2) is 4.98 Å². The number of hydrogen-bond donors (Lipinski definition) is 1. The van der Waals surface area contributed by atoms with Gasteiger partial charge in [0.25, 0.3) is 5.91 Å². The van der Waals surface area contributed by atoms with Gasteiger partial charge in [0.1, 0.15) is 0 Å². The van der Waals surface area contributed by atoms with Gasteiger partial charge >= 0.3 is 0 Å². The number of benzene rings is 1. The summed E-state index contributed by atoms with van der Waals surface area (Å²) in [6, 6.07) is 7.54. The minimum atomic E-state index is -0.163. The molecule has 0 aliphatic heterocycles. The first kappa shape index (κ1) is 18.2. The molecule has 0 aliphatic rings. The largest absolute Gasteiger partial charge is 0.338 e. The van der Waals surface area contributed by atoms with Crippen LogP contribution in [0.15, 0.2) is 35.0 Å². The van der Waals surface area contributed by atoms with E-state index in [1.807, 2.05) is 39.1 Å². The average molecular weight is 371 g/mol. The lowest BCUT2D eigenvalue weighted by molar-refractivity contribution is 0.102. The lowest BCUT2D eigenvalue weighted by Gasteiger charge is -2.21. The first-order chi connectivity index (χ1) is 12.4. The van der Waals surface area contributed by atoms with Gasteiger partial charge < -0.3 is 4.52 Å². The second kappa shape index (κ2) is 7.76. The van der Waals surface area contributed by atoms with E-state index in [2.05, 4.69) is 25.3 Å². The van der Waals surface area contributed by atoms with Gasteiger partial charge in [-0.15, -0.1) is 11.3 Å². The van der Waals surface area contributed by atoms with Crippen molar-refractivity contribution in [3.05, 3.63) is 58.2 Å². The first-order valence-corrected chi connectivity index (χ1v) is 9.07. The first-order valence-electron chi connectivity index (χ1n) is 8.25. The Morgan fingerprint density at radius 3 is 2.85 bits per heavy atom. The van der Waals surface area contributed by atoms with Gasteiger partial charge in [-0.1, -0.05) is 17.3 Å². The Bertz CT molecular complexity index is 904. The van der Waals surface area contributed by atoms with E-state index in [0.717, 1.165) is 10.4 Å². The molecule has 1 atom stereocenters. The highest BCUT2D eigenvalue weighted by Crippen LogP contribution is 2.20. The molecule has 136 valence electrons. The summed E-state index contributed by atoms with van der Waals surface area (Å²) in [6.45, 7) is 6.41. The minimum Gasteiger partial charge on any atom is -0.338 e. The Labute approximate surface area is 156 Å². The number of carbonyl (C=O) groups is 1. The lowest BCUT2D eigenvalue weighted by Crippen LogP contribution is -2.22. The molecule has 0 unspecified atom stereocenters. The maximum Gasteiger partial charge on any atom is 0.257 e. The lowest BCUT2D eigenvalue weighted by atomic mass is 10.1. The summed E-state index contributed by atoms with van der Waals surface area (Å²) in [7, 11) is 1.98. The topological polar surface area (TPSA) is 84.2 Å². The van der Waals surface area contributed by atoms with Gasteiger partial charge in [-0.2, -0.15) is 4.98 Å². The molecule has 0 spiro atoms. The molecule has 26 heavy (non-hydrogen) atoms. The predicted octanol–water partition coefficient (Wildman–Crippen LogP) is 3.59. The molecular formula is C18H21N5O2S. The average Bonchev–Trinajstić information content (AvgIpc) is 3.22. The van der Waals surface area contributed by atoms with Crippen molar-refractivity contribution in [3.8, 4) is 0 Å². The SMILES string of the molecule is Cc1noc([C@@H](C)N(C)Cc2cccc(C(=O)Nc3ncc(C)s3)c2)n1. The highest BCUT2D eigenvalue weighted by atomic mass is 32.1. The highest BCUT2D eigenvalue weighted by molar-refractivity contribution is 7.15. The van der Waals surface area contributed by atoms with E-state index < -0.39 is 0 Å². The van der Waals surface area contributed by atoms with Gasteiger partial charge in [0, 0.05) is 23.2 Å². The fourth-order valence-corrected chi connectivity index (χ4v) is 3.15. The maximum atomic E-state index is 12.4. The van der Waals surface area contributed by atoms with Crippen molar-refractivity contribution in [2.75, 3.05) is 12.4 Å². The van der Waals surface area contributed by atoms with Gasteiger partial charge in [0.05, 0.1) is 6.04 Å². The Kier molecular flexibility index (Phi) is 5.43. The van der Waals surface area contributed by atoms with Crippen LogP contribution in [0.25, 0.3) is 0 Å². The summed E-state index contributed by atoms with van der Waals surface area (Å²) in [4.78, 5) is 24.0. The number of thiazole rings is 1. The zero-order chi connectivity index (χ0) is 18.7. The number of anilines is 1. The number of rotatable bonds is 6. The molecule has 0 radical (unpaired) electrons. The normalized spacial score (nSPS) is 12.3. The van der Waals surface area contributed by atoms with E-state index in [4.69, 9.17) is 4.52 Å². The zero-order valence-corrected chi connectivity index (χ0v) is 16.0. The van der Waals surface area contributed by atoms with E-state index in [0.29, 0.717) is 29.0 Å². The third kappa shape index (κ3) is 4.33. The fourth-order valence-electron chi connectivity index (χ4n) is 2.49. The van der Waals surface area contributed by atoms with Crippen molar-refractivity contribution in [1.29, 1.82) is 0 Å². The molecule has 2 heterocycles. The summed E-state index contributed by atoms with van der Waals surface area (Å²) in [5.74, 6) is 1.04. The van der Waals surface area contributed by atoms with Gasteiger partial charge in [0.2, 0.25) is 5.89 Å². The highest BCUT2D eigenvalue weighted by Gasteiger charge is 2.18. The number of amides is 1. The van der Waals surface area contributed by atoms with Crippen LogP contribution in [0.4, 0.5) is 5.13 Å². The standard InChI is InChI=1S/C18H21N5O2S/c1-11-9-19-18(26-11)21-16(24)15-7-5-6-14(8-15)10-23(4)12(2)17-20-13(3)22-25-17/h5-9,12H,10H2,1-4H3,(H,19,21,24)/t12-/m1/s1. The second-order valence-corrected chi connectivity index (χ2v) is 7.44. The zero-order valence-electron chi connectivity index (χ0n) is 15.2. The summed E-state index contributed by atoms with van der Waals surface area (Å²) in [5, 5.41) is 7.27. The third-order valence-corrected chi connectivity index (χ3v) is 4.85. The smallest absolute Gasteiger partial charge is 0.257 e. The molecule has 0 bridgehead atoms. The fraction of sp³-hybridized carbons (Fsp3) is 0.333. The van der Waals surface area contributed by atoms with Crippen LogP contribution in [0.5, 0.6) is 0 Å². The van der Waals surface area contributed by atoms with Crippen molar-refractivity contribution in [1.82, 2.24) is 20.0 Å². The Morgan fingerprint density at radius 2 is 2.19 bits per heavy atom. The molecule has 0 saturated carbocycles. The van der Waals surface area contributed by atoms with Gasteiger partial charge in [-0.3, -0.25) is 15.0 Å². The van der Waals surface area contributed by atoms with Crippen molar-refractivity contribution >= 4 is 22.4 Å². The van der Waals surface area contributed by atoms with Crippen molar-refractivity contribution in [2.24, 2.45) is 0 Å². The number of aromatic nitrogens is 3. The Balaban J connectivity index is 1.67. The molecule has 0 fully saturated rings. The molecule has 3 rings (SSSR count). The van der Waals surface area contributed by atoms with Crippen molar-refractivity contribution < 1.29 is 9.32 Å². The molecule has 1 N–H and O–H groups in total. The number of hydrogen-bond acceptors (Lipinski definition) is 7. The van der Waals surface area contributed by atoms with Crippen molar-refractivity contribution in [2.45, 2.75) is 33.4 Å². The van der Waals surface area contributed by atoms with E-state index in [1.54, 1.807) is 19.2 Å². The molecule has 2 aromatic heterocycles. The molecule has 8 heteroatoms. The van der Waals surface area contributed by atoms with Crippen LogP contribution >= 0.6 is 11.3 Å². The molecule has 1 aromatic carbocycles. The van der Waals surface area contributed by atoms with Crippen molar-refractivity contribution in [3.63, 3.8) is 0 Å². The Morgan fingerprint density at radius 1 is 1.38 bits per heavy atom. The Hall–Kier alpha value is -2.58. The van der Waals surface area contributed by atoms with Crippen LogP contribution in [0.2, 0.25) is 0 Å². The molecule has 3 aromatic rings. The second-order valence-electron chi connectivity index (χ2n) is 6.20. The molecule has 0 aliphatic carbocycles. The number of nitrogens with zero attached hydrogens (tertiary/aromatic N) is 4.